The van der Waals surface area contributed by atoms with E-state index in [-0.39, 0.29) is 29.2 Å². The van der Waals surface area contributed by atoms with Gasteiger partial charge in [0.25, 0.3) is 11.8 Å². The van der Waals surface area contributed by atoms with Crippen LogP contribution in [0.3, 0.4) is 0 Å². The van der Waals surface area contributed by atoms with E-state index in [9.17, 15) is 9.59 Å². The normalized spacial score (nSPS) is 14.3. The van der Waals surface area contributed by atoms with Gasteiger partial charge in [0, 0.05) is 30.5 Å². The predicted octanol–water partition coefficient (Wildman–Crippen LogP) is 4.24. The van der Waals surface area contributed by atoms with Crippen molar-refractivity contribution < 1.29 is 9.59 Å². The Balaban J connectivity index is 1.63. The molecule has 29 heavy (non-hydrogen) atoms. The van der Waals surface area contributed by atoms with E-state index in [2.05, 4.69) is 34.4 Å². The molecule has 2 amide bonds. The lowest BCUT2D eigenvalue weighted by atomic mass is 9.95. The van der Waals surface area contributed by atoms with Gasteiger partial charge >= 0.3 is 0 Å². The summed E-state index contributed by atoms with van der Waals surface area (Å²) in [6.45, 7) is 6.09. The van der Waals surface area contributed by atoms with Gasteiger partial charge in [-0.3, -0.25) is 9.59 Å². The molecule has 0 spiro atoms. The fourth-order valence-electron chi connectivity index (χ4n) is 3.73. The van der Waals surface area contributed by atoms with E-state index in [0.717, 1.165) is 44.5 Å². The second-order valence-corrected chi connectivity index (χ2v) is 7.39. The standard InChI is InChI=1S/C23H30N4O2/c1-3-27(4-2)19-15-13-18(14-16-19)25-23(29)21-12-8-11-20(26-21)22(28)24-17-9-6-5-7-10-17/h8,11-17H,3-7,9-10H2,1-2H3,(H,24,28)(H,25,29). The SMILES string of the molecule is CCN(CC)c1ccc(NC(=O)c2cccc(C(=O)NC3CCCCC3)n2)cc1. The number of nitrogens with one attached hydrogen (secondary N) is 2. The van der Waals surface area contributed by atoms with Crippen molar-refractivity contribution in [3.05, 3.63) is 53.9 Å². The molecular formula is C23H30N4O2. The molecule has 1 aliphatic carbocycles. The Kier molecular flexibility index (Phi) is 7.22. The molecule has 1 aromatic carbocycles. The molecule has 1 heterocycles. The van der Waals surface area contributed by atoms with Gasteiger partial charge in [-0.25, -0.2) is 4.98 Å². The lowest BCUT2D eigenvalue weighted by molar-refractivity contribution is 0.0922. The van der Waals surface area contributed by atoms with Gasteiger partial charge in [0.2, 0.25) is 0 Å². The summed E-state index contributed by atoms with van der Waals surface area (Å²) in [5.74, 6) is -0.539. The number of carbonyl (C=O) groups excluding carboxylic acids is 2. The molecule has 0 radical (unpaired) electrons. The number of hydrogen-bond acceptors (Lipinski definition) is 4. The molecule has 1 aliphatic rings. The molecule has 1 aromatic heterocycles. The summed E-state index contributed by atoms with van der Waals surface area (Å²) >= 11 is 0. The van der Waals surface area contributed by atoms with Gasteiger partial charge in [-0.05, 0) is 63.1 Å². The van der Waals surface area contributed by atoms with E-state index < -0.39 is 0 Å². The first-order valence-corrected chi connectivity index (χ1v) is 10.5. The summed E-state index contributed by atoms with van der Waals surface area (Å²) in [6.07, 6.45) is 5.54. The zero-order chi connectivity index (χ0) is 20.6. The second kappa shape index (κ2) is 10.0. The quantitative estimate of drug-likeness (QED) is 0.736. The summed E-state index contributed by atoms with van der Waals surface area (Å²) < 4.78 is 0. The number of carbonyl (C=O) groups is 2. The van der Waals surface area contributed by atoms with Crippen molar-refractivity contribution in [2.24, 2.45) is 0 Å². The molecule has 1 saturated carbocycles. The van der Waals surface area contributed by atoms with Gasteiger partial charge in [0.1, 0.15) is 11.4 Å². The predicted molar refractivity (Wildman–Crippen MR) is 117 cm³/mol. The highest BCUT2D eigenvalue weighted by atomic mass is 16.2. The molecule has 6 nitrogen and oxygen atoms in total. The molecule has 0 bridgehead atoms. The summed E-state index contributed by atoms with van der Waals surface area (Å²) in [5, 5.41) is 5.90. The van der Waals surface area contributed by atoms with Crippen LogP contribution in [0.15, 0.2) is 42.5 Å². The van der Waals surface area contributed by atoms with Crippen molar-refractivity contribution in [3.8, 4) is 0 Å². The molecule has 0 unspecified atom stereocenters. The Hall–Kier alpha value is -2.89. The first-order valence-electron chi connectivity index (χ1n) is 10.5. The fourth-order valence-corrected chi connectivity index (χ4v) is 3.73. The zero-order valence-electron chi connectivity index (χ0n) is 17.3. The fraction of sp³-hybridized carbons (Fsp3) is 0.435. The van der Waals surface area contributed by atoms with Crippen molar-refractivity contribution in [2.45, 2.75) is 52.0 Å². The number of pyridine rings is 1. The molecule has 2 N–H and O–H groups in total. The highest BCUT2D eigenvalue weighted by Crippen LogP contribution is 2.19. The summed E-state index contributed by atoms with van der Waals surface area (Å²) in [4.78, 5) is 31.6. The topological polar surface area (TPSA) is 74.3 Å². The van der Waals surface area contributed by atoms with Gasteiger partial charge in [0.15, 0.2) is 0 Å². The number of benzene rings is 1. The van der Waals surface area contributed by atoms with Crippen molar-refractivity contribution in [2.75, 3.05) is 23.3 Å². The van der Waals surface area contributed by atoms with Crippen LogP contribution in [0.4, 0.5) is 11.4 Å². The van der Waals surface area contributed by atoms with Crippen LogP contribution in [0, 0.1) is 0 Å². The maximum absolute atomic E-state index is 12.6. The molecule has 0 aliphatic heterocycles. The monoisotopic (exact) mass is 394 g/mol. The molecule has 0 saturated heterocycles. The van der Waals surface area contributed by atoms with E-state index in [4.69, 9.17) is 0 Å². The van der Waals surface area contributed by atoms with Crippen LogP contribution < -0.4 is 15.5 Å². The Morgan fingerprint density at radius 3 is 2.17 bits per heavy atom. The van der Waals surface area contributed by atoms with Crippen molar-refractivity contribution in [1.82, 2.24) is 10.3 Å². The Morgan fingerprint density at radius 2 is 1.55 bits per heavy atom. The molecule has 3 rings (SSSR count). The van der Waals surface area contributed by atoms with E-state index >= 15 is 0 Å². The van der Waals surface area contributed by atoms with E-state index in [0.29, 0.717) is 5.69 Å². The highest BCUT2D eigenvalue weighted by Gasteiger charge is 2.18. The second-order valence-electron chi connectivity index (χ2n) is 7.39. The van der Waals surface area contributed by atoms with E-state index in [1.807, 2.05) is 24.3 Å². The number of anilines is 2. The molecule has 6 heteroatoms. The Bertz CT molecular complexity index is 825. The number of hydrogen-bond donors (Lipinski definition) is 2. The summed E-state index contributed by atoms with van der Waals surface area (Å²) in [5.41, 5.74) is 2.33. The Labute approximate surface area is 172 Å². The number of nitrogens with zero attached hydrogens (tertiary/aromatic N) is 2. The van der Waals surface area contributed by atoms with Gasteiger partial charge in [-0.1, -0.05) is 25.3 Å². The summed E-state index contributed by atoms with van der Waals surface area (Å²) in [6, 6.07) is 12.9. The zero-order valence-corrected chi connectivity index (χ0v) is 17.3. The van der Waals surface area contributed by atoms with E-state index in [1.165, 1.54) is 6.42 Å². The van der Waals surface area contributed by atoms with Crippen LogP contribution in [-0.2, 0) is 0 Å². The largest absolute Gasteiger partial charge is 0.372 e. The average Bonchev–Trinajstić information content (AvgIpc) is 2.76. The third-order valence-electron chi connectivity index (χ3n) is 5.41. The first-order chi connectivity index (χ1) is 14.1. The van der Waals surface area contributed by atoms with Gasteiger partial charge < -0.3 is 15.5 Å². The van der Waals surface area contributed by atoms with Crippen LogP contribution in [0.2, 0.25) is 0 Å². The molecular weight excluding hydrogens is 364 g/mol. The minimum absolute atomic E-state index is 0.208. The van der Waals surface area contributed by atoms with Crippen molar-refractivity contribution in [3.63, 3.8) is 0 Å². The average molecular weight is 395 g/mol. The van der Waals surface area contributed by atoms with Crippen LogP contribution in [-0.4, -0.2) is 35.9 Å². The van der Waals surface area contributed by atoms with Crippen LogP contribution >= 0.6 is 0 Å². The van der Waals surface area contributed by atoms with Crippen LogP contribution in [0.5, 0.6) is 0 Å². The third kappa shape index (κ3) is 5.56. The number of aromatic nitrogens is 1. The highest BCUT2D eigenvalue weighted by molar-refractivity contribution is 6.04. The van der Waals surface area contributed by atoms with Crippen LogP contribution in [0.25, 0.3) is 0 Å². The van der Waals surface area contributed by atoms with Gasteiger partial charge in [-0.15, -0.1) is 0 Å². The first kappa shape index (κ1) is 20.8. The minimum Gasteiger partial charge on any atom is -0.372 e. The lowest BCUT2D eigenvalue weighted by Crippen LogP contribution is -2.36. The van der Waals surface area contributed by atoms with Crippen molar-refractivity contribution in [1.29, 1.82) is 0 Å². The van der Waals surface area contributed by atoms with E-state index in [1.54, 1.807) is 18.2 Å². The smallest absolute Gasteiger partial charge is 0.274 e. The number of amides is 2. The van der Waals surface area contributed by atoms with Crippen LogP contribution in [0.1, 0.15) is 66.9 Å². The van der Waals surface area contributed by atoms with Gasteiger partial charge in [0.05, 0.1) is 0 Å². The lowest BCUT2D eigenvalue weighted by Gasteiger charge is -2.22. The molecule has 1 fully saturated rings. The molecule has 154 valence electrons. The summed E-state index contributed by atoms with van der Waals surface area (Å²) in [7, 11) is 0. The minimum atomic E-state index is -0.326. The molecule has 0 atom stereocenters. The molecule has 2 aromatic rings. The maximum Gasteiger partial charge on any atom is 0.274 e. The van der Waals surface area contributed by atoms with Gasteiger partial charge in [-0.2, -0.15) is 0 Å². The Morgan fingerprint density at radius 1 is 0.931 bits per heavy atom. The number of rotatable bonds is 7. The third-order valence-corrected chi connectivity index (χ3v) is 5.41. The van der Waals surface area contributed by atoms with Crippen molar-refractivity contribution >= 4 is 23.2 Å². The maximum atomic E-state index is 12.6.